The maximum atomic E-state index is 8.69. The summed E-state index contributed by atoms with van der Waals surface area (Å²) in [4.78, 5) is 6.07. The van der Waals surface area contributed by atoms with E-state index in [-0.39, 0.29) is 5.92 Å². The van der Waals surface area contributed by atoms with E-state index >= 15 is 0 Å². The second kappa shape index (κ2) is 5.69. The van der Waals surface area contributed by atoms with Gasteiger partial charge in [0.15, 0.2) is 0 Å². The van der Waals surface area contributed by atoms with E-state index in [4.69, 9.17) is 16.9 Å². The Morgan fingerprint density at radius 1 is 1.67 bits per heavy atom. The van der Waals surface area contributed by atoms with Gasteiger partial charge in [0.2, 0.25) is 0 Å². The van der Waals surface area contributed by atoms with E-state index in [1.54, 1.807) is 6.20 Å². The smallest absolute Gasteiger partial charge is 0.133 e. The van der Waals surface area contributed by atoms with Crippen molar-refractivity contribution in [2.75, 3.05) is 13.6 Å². The second-order valence-corrected chi connectivity index (χ2v) is 4.04. The fourth-order valence-electron chi connectivity index (χ4n) is 1.40. The third kappa shape index (κ3) is 3.86. The Bertz CT molecular complexity index is 359. The van der Waals surface area contributed by atoms with Crippen LogP contribution in [0.15, 0.2) is 18.3 Å². The molecule has 15 heavy (non-hydrogen) atoms. The quantitative estimate of drug-likeness (QED) is 0.736. The average molecular weight is 224 g/mol. The molecule has 0 radical (unpaired) electrons. The number of pyridine rings is 1. The van der Waals surface area contributed by atoms with Crippen molar-refractivity contribution in [3.05, 3.63) is 29.0 Å². The third-order valence-electron chi connectivity index (χ3n) is 2.08. The van der Waals surface area contributed by atoms with Gasteiger partial charge in [0.25, 0.3) is 0 Å². The fraction of sp³-hybridized carbons (Fsp3) is 0.455. The second-order valence-electron chi connectivity index (χ2n) is 3.68. The summed E-state index contributed by atoms with van der Waals surface area (Å²) in [5.74, 6) is 0.0328. The first kappa shape index (κ1) is 12.0. The maximum absolute atomic E-state index is 8.69. The normalized spacial score (nSPS) is 12.5. The van der Waals surface area contributed by atoms with Crippen LogP contribution in [0, 0.1) is 17.2 Å². The molecule has 0 amide bonds. The lowest BCUT2D eigenvalue weighted by molar-refractivity contribution is 0.303. The molecular formula is C11H14ClN3. The molecule has 3 nitrogen and oxygen atoms in total. The van der Waals surface area contributed by atoms with Crippen molar-refractivity contribution in [3.8, 4) is 6.07 Å². The zero-order valence-electron chi connectivity index (χ0n) is 8.94. The summed E-state index contributed by atoms with van der Waals surface area (Å²) in [5.41, 5.74) is 0.992. The van der Waals surface area contributed by atoms with Crippen LogP contribution in [0.3, 0.4) is 0 Å². The summed E-state index contributed by atoms with van der Waals surface area (Å²) in [5, 5.41) is 9.23. The highest BCUT2D eigenvalue weighted by Crippen LogP contribution is 2.13. The van der Waals surface area contributed by atoms with Crippen LogP contribution in [-0.4, -0.2) is 23.5 Å². The molecule has 0 aromatic carbocycles. The molecule has 1 heterocycles. The number of nitrogens with zero attached hydrogens (tertiary/aromatic N) is 3. The number of nitriles is 1. The number of aromatic nitrogens is 1. The first-order valence-corrected chi connectivity index (χ1v) is 5.19. The summed E-state index contributed by atoms with van der Waals surface area (Å²) < 4.78 is 0. The Hall–Kier alpha value is -1.11. The first-order chi connectivity index (χ1) is 7.13. The molecule has 0 bridgehead atoms. The van der Waals surface area contributed by atoms with Gasteiger partial charge in [0.05, 0.1) is 12.0 Å². The van der Waals surface area contributed by atoms with Crippen molar-refractivity contribution in [2.24, 2.45) is 5.92 Å². The fourth-order valence-corrected chi connectivity index (χ4v) is 1.58. The van der Waals surface area contributed by atoms with E-state index in [2.05, 4.69) is 16.0 Å². The van der Waals surface area contributed by atoms with E-state index in [0.717, 1.165) is 18.7 Å². The molecule has 0 aliphatic carbocycles. The van der Waals surface area contributed by atoms with Crippen LogP contribution in [0.5, 0.6) is 0 Å². The lowest BCUT2D eigenvalue weighted by Gasteiger charge is -2.17. The monoisotopic (exact) mass is 223 g/mol. The van der Waals surface area contributed by atoms with Crippen LogP contribution >= 0.6 is 11.6 Å². The van der Waals surface area contributed by atoms with Crippen molar-refractivity contribution < 1.29 is 0 Å². The van der Waals surface area contributed by atoms with Crippen LogP contribution in [0.25, 0.3) is 0 Å². The summed E-state index contributed by atoms with van der Waals surface area (Å²) in [7, 11) is 1.97. The number of halogens is 1. The molecule has 1 atom stereocenters. The number of rotatable bonds is 4. The summed E-state index contributed by atoms with van der Waals surface area (Å²) in [6.45, 7) is 3.36. The van der Waals surface area contributed by atoms with Crippen molar-refractivity contribution in [2.45, 2.75) is 13.5 Å². The standard InChI is InChI=1S/C11H14ClN3/c1-9(6-13)7-15(2)8-10-4-3-5-14-11(10)12/h3-5,9H,7-8H2,1-2H3. The molecule has 0 fully saturated rings. The third-order valence-corrected chi connectivity index (χ3v) is 2.42. The van der Waals surface area contributed by atoms with Crippen molar-refractivity contribution in [3.63, 3.8) is 0 Å². The minimum atomic E-state index is 0.0328. The van der Waals surface area contributed by atoms with Gasteiger partial charge in [-0.05, 0) is 20.0 Å². The average Bonchev–Trinajstić information content (AvgIpc) is 2.21. The Morgan fingerprint density at radius 2 is 2.40 bits per heavy atom. The van der Waals surface area contributed by atoms with E-state index in [0.29, 0.717) is 5.15 Å². The van der Waals surface area contributed by atoms with Crippen LogP contribution in [0.2, 0.25) is 5.15 Å². The van der Waals surface area contributed by atoms with Gasteiger partial charge in [-0.3, -0.25) is 0 Å². The van der Waals surface area contributed by atoms with Gasteiger partial charge in [-0.25, -0.2) is 4.98 Å². The Balaban J connectivity index is 2.56. The summed E-state index contributed by atoms with van der Waals surface area (Å²) in [6, 6.07) is 6.02. The zero-order chi connectivity index (χ0) is 11.3. The van der Waals surface area contributed by atoms with E-state index < -0.39 is 0 Å². The largest absolute Gasteiger partial charge is 0.301 e. The summed E-state index contributed by atoms with van der Waals surface area (Å²) in [6.07, 6.45) is 1.67. The first-order valence-electron chi connectivity index (χ1n) is 4.81. The summed E-state index contributed by atoms with van der Waals surface area (Å²) >= 11 is 5.94. The molecule has 0 aliphatic rings. The lowest BCUT2D eigenvalue weighted by atomic mass is 10.2. The molecular weight excluding hydrogens is 210 g/mol. The van der Waals surface area contributed by atoms with Gasteiger partial charge in [-0.2, -0.15) is 5.26 Å². The Morgan fingerprint density at radius 3 is 3.00 bits per heavy atom. The SMILES string of the molecule is CC(C#N)CN(C)Cc1cccnc1Cl. The van der Waals surface area contributed by atoms with Crippen molar-refractivity contribution >= 4 is 11.6 Å². The van der Waals surface area contributed by atoms with Crippen LogP contribution < -0.4 is 0 Å². The molecule has 1 aromatic rings. The molecule has 0 aliphatic heterocycles. The molecule has 0 spiro atoms. The molecule has 4 heteroatoms. The topological polar surface area (TPSA) is 39.9 Å². The van der Waals surface area contributed by atoms with Gasteiger partial charge in [0, 0.05) is 24.8 Å². The lowest BCUT2D eigenvalue weighted by Crippen LogP contribution is -2.23. The minimum Gasteiger partial charge on any atom is -0.301 e. The maximum Gasteiger partial charge on any atom is 0.133 e. The van der Waals surface area contributed by atoms with Gasteiger partial charge in [-0.15, -0.1) is 0 Å². The van der Waals surface area contributed by atoms with Crippen LogP contribution in [-0.2, 0) is 6.54 Å². The number of hydrogen-bond acceptors (Lipinski definition) is 3. The van der Waals surface area contributed by atoms with E-state index in [1.807, 2.05) is 26.1 Å². The molecule has 1 rings (SSSR count). The van der Waals surface area contributed by atoms with Crippen LogP contribution in [0.4, 0.5) is 0 Å². The Labute approximate surface area is 95.3 Å². The van der Waals surface area contributed by atoms with Gasteiger partial charge >= 0.3 is 0 Å². The predicted molar refractivity (Wildman–Crippen MR) is 60.4 cm³/mol. The van der Waals surface area contributed by atoms with Crippen molar-refractivity contribution in [1.82, 2.24) is 9.88 Å². The van der Waals surface area contributed by atoms with Gasteiger partial charge < -0.3 is 4.90 Å². The number of hydrogen-bond donors (Lipinski definition) is 0. The van der Waals surface area contributed by atoms with Gasteiger partial charge in [-0.1, -0.05) is 17.7 Å². The highest BCUT2D eigenvalue weighted by atomic mass is 35.5. The minimum absolute atomic E-state index is 0.0328. The molecule has 1 aromatic heterocycles. The molecule has 0 saturated carbocycles. The van der Waals surface area contributed by atoms with Gasteiger partial charge in [0.1, 0.15) is 5.15 Å². The van der Waals surface area contributed by atoms with E-state index in [9.17, 15) is 0 Å². The molecule has 1 unspecified atom stereocenters. The highest BCUT2D eigenvalue weighted by molar-refractivity contribution is 6.30. The highest BCUT2D eigenvalue weighted by Gasteiger charge is 2.07. The van der Waals surface area contributed by atoms with Crippen molar-refractivity contribution in [1.29, 1.82) is 5.26 Å². The molecule has 80 valence electrons. The zero-order valence-corrected chi connectivity index (χ0v) is 9.70. The molecule has 0 N–H and O–H groups in total. The predicted octanol–water partition coefficient (Wildman–Crippen LogP) is 2.33. The van der Waals surface area contributed by atoms with Crippen LogP contribution in [0.1, 0.15) is 12.5 Å². The van der Waals surface area contributed by atoms with E-state index in [1.165, 1.54) is 0 Å². The Kier molecular flexibility index (Phi) is 4.54. The molecule has 0 saturated heterocycles.